The number of sulfone groups is 1. The Labute approximate surface area is 114 Å². The Morgan fingerprint density at radius 1 is 1.32 bits per heavy atom. The molecule has 0 radical (unpaired) electrons. The maximum Gasteiger partial charge on any atom is 0.309 e. The van der Waals surface area contributed by atoms with Crippen molar-refractivity contribution in [3.8, 4) is 0 Å². The number of carbonyl (C=O) groups excluding carboxylic acids is 1. The standard InChI is InChI=1S/C14H20O4S/c1-10-5-6-13(11(2)7-10)9-19(16,17)8-12(3)14(15)18-4/h5-7,12H,8-9H2,1-4H3. The Morgan fingerprint density at radius 3 is 2.47 bits per heavy atom. The lowest BCUT2D eigenvalue weighted by molar-refractivity contribution is -0.144. The van der Waals surface area contributed by atoms with Gasteiger partial charge < -0.3 is 4.74 Å². The fourth-order valence-corrected chi connectivity index (χ4v) is 3.77. The first-order valence-electron chi connectivity index (χ1n) is 6.09. The summed E-state index contributed by atoms with van der Waals surface area (Å²) in [5.41, 5.74) is 2.83. The van der Waals surface area contributed by atoms with Crippen molar-refractivity contribution in [1.82, 2.24) is 0 Å². The van der Waals surface area contributed by atoms with Crippen LogP contribution in [0.2, 0.25) is 0 Å². The third-order valence-corrected chi connectivity index (χ3v) is 4.74. The van der Waals surface area contributed by atoms with E-state index in [2.05, 4.69) is 4.74 Å². The van der Waals surface area contributed by atoms with Gasteiger partial charge in [-0.2, -0.15) is 0 Å². The Kier molecular flexibility index (Phi) is 5.11. The van der Waals surface area contributed by atoms with E-state index in [1.165, 1.54) is 7.11 Å². The second-order valence-electron chi connectivity index (χ2n) is 4.91. The van der Waals surface area contributed by atoms with Gasteiger partial charge in [-0.1, -0.05) is 30.7 Å². The molecule has 1 aromatic carbocycles. The van der Waals surface area contributed by atoms with Crippen LogP contribution in [0.25, 0.3) is 0 Å². The number of benzene rings is 1. The quantitative estimate of drug-likeness (QED) is 0.776. The van der Waals surface area contributed by atoms with E-state index in [9.17, 15) is 13.2 Å². The van der Waals surface area contributed by atoms with Gasteiger partial charge in [0.05, 0.1) is 24.5 Å². The van der Waals surface area contributed by atoms with E-state index in [1.807, 2.05) is 32.0 Å². The van der Waals surface area contributed by atoms with Crippen LogP contribution in [0.4, 0.5) is 0 Å². The van der Waals surface area contributed by atoms with E-state index in [4.69, 9.17) is 0 Å². The number of esters is 1. The van der Waals surface area contributed by atoms with Gasteiger partial charge in [0.25, 0.3) is 0 Å². The molecule has 0 saturated heterocycles. The van der Waals surface area contributed by atoms with Gasteiger partial charge in [-0.25, -0.2) is 8.42 Å². The smallest absolute Gasteiger partial charge is 0.309 e. The van der Waals surface area contributed by atoms with Gasteiger partial charge in [-0.05, 0) is 25.0 Å². The number of methoxy groups -OCH3 is 1. The van der Waals surface area contributed by atoms with E-state index in [0.29, 0.717) is 0 Å². The molecule has 1 atom stereocenters. The lowest BCUT2D eigenvalue weighted by Crippen LogP contribution is -2.23. The Hall–Kier alpha value is -1.36. The fraction of sp³-hybridized carbons (Fsp3) is 0.500. The molecule has 0 N–H and O–H groups in total. The summed E-state index contributed by atoms with van der Waals surface area (Å²) in [5, 5.41) is 0. The lowest BCUT2D eigenvalue weighted by Gasteiger charge is -2.11. The zero-order chi connectivity index (χ0) is 14.6. The van der Waals surface area contributed by atoms with Crippen LogP contribution >= 0.6 is 0 Å². The van der Waals surface area contributed by atoms with Gasteiger partial charge in [-0.15, -0.1) is 0 Å². The first-order valence-corrected chi connectivity index (χ1v) is 7.91. The molecular weight excluding hydrogens is 264 g/mol. The minimum Gasteiger partial charge on any atom is -0.469 e. The molecule has 106 valence electrons. The summed E-state index contributed by atoms with van der Waals surface area (Å²) in [6, 6.07) is 5.67. The monoisotopic (exact) mass is 284 g/mol. The molecule has 19 heavy (non-hydrogen) atoms. The number of ether oxygens (including phenoxy) is 1. The lowest BCUT2D eigenvalue weighted by atomic mass is 10.1. The summed E-state index contributed by atoms with van der Waals surface area (Å²) in [6.07, 6.45) is 0. The van der Waals surface area contributed by atoms with E-state index in [1.54, 1.807) is 6.92 Å². The van der Waals surface area contributed by atoms with Crippen LogP contribution in [0, 0.1) is 19.8 Å². The highest BCUT2D eigenvalue weighted by Gasteiger charge is 2.22. The Bertz CT molecular complexity index is 561. The summed E-state index contributed by atoms with van der Waals surface area (Å²) in [7, 11) is -2.07. The molecule has 4 nitrogen and oxygen atoms in total. The first-order chi connectivity index (χ1) is 8.75. The number of aryl methyl sites for hydroxylation is 2. The van der Waals surface area contributed by atoms with Crippen molar-refractivity contribution < 1.29 is 17.9 Å². The zero-order valence-corrected chi connectivity index (χ0v) is 12.6. The van der Waals surface area contributed by atoms with Gasteiger partial charge in [-0.3, -0.25) is 4.79 Å². The predicted molar refractivity (Wildman–Crippen MR) is 74.6 cm³/mol. The molecule has 0 heterocycles. The molecule has 1 unspecified atom stereocenters. The van der Waals surface area contributed by atoms with E-state index < -0.39 is 21.7 Å². The van der Waals surface area contributed by atoms with Crippen LogP contribution in [-0.2, 0) is 25.1 Å². The maximum absolute atomic E-state index is 12.1. The topological polar surface area (TPSA) is 60.4 Å². The minimum atomic E-state index is -3.33. The van der Waals surface area contributed by atoms with Gasteiger partial charge in [0.2, 0.25) is 0 Å². The average molecular weight is 284 g/mol. The zero-order valence-electron chi connectivity index (χ0n) is 11.8. The van der Waals surface area contributed by atoms with Crippen LogP contribution in [0.5, 0.6) is 0 Å². The molecule has 1 rings (SSSR count). The van der Waals surface area contributed by atoms with Gasteiger partial charge in [0.1, 0.15) is 0 Å². The molecule has 0 spiro atoms. The van der Waals surface area contributed by atoms with E-state index in [0.717, 1.165) is 16.7 Å². The van der Waals surface area contributed by atoms with Crippen molar-refractivity contribution in [1.29, 1.82) is 0 Å². The number of carbonyl (C=O) groups is 1. The molecule has 5 heteroatoms. The van der Waals surface area contributed by atoms with Crippen LogP contribution < -0.4 is 0 Å². The highest BCUT2D eigenvalue weighted by atomic mass is 32.2. The molecule has 0 saturated carbocycles. The number of hydrogen-bond acceptors (Lipinski definition) is 4. The van der Waals surface area contributed by atoms with Crippen molar-refractivity contribution in [3.63, 3.8) is 0 Å². The Balaban J connectivity index is 2.82. The number of hydrogen-bond donors (Lipinski definition) is 0. The van der Waals surface area contributed by atoms with Crippen LogP contribution in [0.1, 0.15) is 23.6 Å². The van der Waals surface area contributed by atoms with Crippen LogP contribution in [-0.4, -0.2) is 27.2 Å². The van der Waals surface area contributed by atoms with Crippen LogP contribution in [0.15, 0.2) is 18.2 Å². The molecule has 0 aliphatic carbocycles. The summed E-state index contributed by atoms with van der Waals surface area (Å²) in [4.78, 5) is 11.3. The predicted octanol–water partition coefficient (Wildman–Crippen LogP) is 2.03. The largest absolute Gasteiger partial charge is 0.469 e. The maximum atomic E-state index is 12.1. The first kappa shape index (κ1) is 15.7. The molecule has 1 aromatic rings. The second kappa shape index (κ2) is 6.19. The summed E-state index contributed by atoms with van der Waals surface area (Å²) in [5.74, 6) is -1.36. The molecule has 0 aromatic heterocycles. The summed E-state index contributed by atoms with van der Waals surface area (Å²) in [6.45, 7) is 5.41. The van der Waals surface area contributed by atoms with Crippen molar-refractivity contribution in [2.45, 2.75) is 26.5 Å². The second-order valence-corrected chi connectivity index (χ2v) is 7.02. The van der Waals surface area contributed by atoms with E-state index >= 15 is 0 Å². The van der Waals surface area contributed by atoms with Crippen molar-refractivity contribution in [2.24, 2.45) is 5.92 Å². The SMILES string of the molecule is COC(=O)C(C)CS(=O)(=O)Cc1ccc(C)cc1C. The van der Waals surface area contributed by atoms with Crippen molar-refractivity contribution in [2.75, 3.05) is 12.9 Å². The normalized spacial score (nSPS) is 13.1. The van der Waals surface area contributed by atoms with E-state index in [-0.39, 0.29) is 11.5 Å². The van der Waals surface area contributed by atoms with Crippen molar-refractivity contribution >= 4 is 15.8 Å². The Morgan fingerprint density at radius 2 is 1.95 bits per heavy atom. The average Bonchev–Trinajstić information content (AvgIpc) is 2.31. The highest BCUT2D eigenvalue weighted by molar-refractivity contribution is 7.90. The molecule has 0 aliphatic heterocycles. The highest BCUT2D eigenvalue weighted by Crippen LogP contribution is 2.16. The van der Waals surface area contributed by atoms with Crippen molar-refractivity contribution in [3.05, 3.63) is 34.9 Å². The molecule has 0 bridgehead atoms. The molecule has 0 fully saturated rings. The third kappa shape index (κ3) is 4.67. The molecule has 0 aliphatic rings. The van der Waals surface area contributed by atoms with Gasteiger partial charge >= 0.3 is 5.97 Å². The summed E-state index contributed by atoms with van der Waals surface area (Å²) < 4.78 is 28.7. The number of rotatable bonds is 5. The third-order valence-electron chi connectivity index (χ3n) is 2.98. The molecular formula is C14H20O4S. The van der Waals surface area contributed by atoms with Gasteiger partial charge in [0.15, 0.2) is 9.84 Å². The van der Waals surface area contributed by atoms with Gasteiger partial charge in [0, 0.05) is 0 Å². The molecule has 0 amide bonds. The summed E-state index contributed by atoms with van der Waals surface area (Å²) >= 11 is 0. The van der Waals surface area contributed by atoms with Crippen LogP contribution in [0.3, 0.4) is 0 Å². The minimum absolute atomic E-state index is 0.0412. The fourth-order valence-electron chi connectivity index (χ4n) is 1.95.